The molecule has 1 heterocycles. The molecule has 1 aromatic rings. The Labute approximate surface area is 173 Å². The Bertz CT molecular complexity index is 766. The highest BCUT2D eigenvalue weighted by atomic mass is 35.5. The summed E-state index contributed by atoms with van der Waals surface area (Å²) in [5, 5.41) is 3.32. The lowest BCUT2D eigenvalue weighted by atomic mass is 10.1. The summed E-state index contributed by atoms with van der Waals surface area (Å²) >= 11 is 6.08. The number of morpholine rings is 1. The molecular weight excluding hydrogens is 402 g/mol. The second kappa shape index (κ2) is 10.4. The number of carbonyl (C=O) groups excluding carboxylic acids is 1. The minimum atomic E-state index is -3.67. The number of amides is 1. The first-order valence-corrected chi connectivity index (χ1v) is 11.8. The molecule has 28 heavy (non-hydrogen) atoms. The van der Waals surface area contributed by atoms with Gasteiger partial charge in [0.15, 0.2) is 0 Å². The average molecular weight is 432 g/mol. The van der Waals surface area contributed by atoms with Gasteiger partial charge in [0.2, 0.25) is 15.9 Å². The third kappa shape index (κ3) is 6.34. The molecule has 7 nitrogen and oxygen atoms in total. The molecule has 0 aromatic heterocycles. The molecule has 1 unspecified atom stereocenters. The number of rotatable bonds is 9. The molecule has 1 atom stereocenters. The van der Waals surface area contributed by atoms with Gasteiger partial charge in [-0.05, 0) is 44.0 Å². The topological polar surface area (TPSA) is 79.0 Å². The van der Waals surface area contributed by atoms with E-state index in [1.165, 1.54) is 4.31 Å². The van der Waals surface area contributed by atoms with Crippen LogP contribution in [-0.4, -0.2) is 70.9 Å². The standard InChI is InChI=1S/C19H30ClN3O4S/c1-4-17(19(24)21-8-5-9-22-10-12-27-13-11-22)23(28(3,25)26)18-14-16(20)7-6-15(18)2/h6-7,14,17H,4-5,8-13H2,1-3H3,(H,21,24). The van der Waals surface area contributed by atoms with Crippen molar-refractivity contribution in [3.8, 4) is 0 Å². The van der Waals surface area contributed by atoms with Crippen molar-refractivity contribution in [3.63, 3.8) is 0 Å². The van der Waals surface area contributed by atoms with E-state index in [2.05, 4.69) is 10.2 Å². The Morgan fingerprint density at radius 2 is 2.04 bits per heavy atom. The molecule has 0 radical (unpaired) electrons. The second-order valence-electron chi connectivity index (χ2n) is 7.01. The largest absolute Gasteiger partial charge is 0.379 e. The van der Waals surface area contributed by atoms with Crippen molar-refractivity contribution in [2.24, 2.45) is 0 Å². The first-order valence-electron chi connectivity index (χ1n) is 9.57. The molecule has 9 heteroatoms. The Balaban J connectivity index is 2.06. The lowest BCUT2D eigenvalue weighted by Gasteiger charge is -2.31. The Morgan fingerprint density at radius 3 is 2.64 bits per heavy atom. The molecule has 1 N–H and O–H groups in total. The van der Waals surface area contributed by atoms with Crippen molar-refractivity contribution in [2.75, 3.05) is 50.0 Å². The van der Waals surface area contributed by atoms with Crippen LogP contribution in [0.25, 0.3) is 0 Å². The van der Waals surface area contributed by atoms with E-state index in [1.807, 2.05) is 0 Å². The Morgan fingerprint density at radius 1 is 1.36 bits per heavy atom. The first-order chi connectivity index (χ1) is 13.2. The van der Waals surface area contributed by atoms with Gasteiger partial charge < -0.3 is 10.1 Å². The van der Waals surface area contributed by atoms with Crippen molar-refractivity contribution in [3.05, 3.63) is 28.8 Å². The third-order valence-electron chi connectivity index (χ3n) is 4.79. The number of ether oxygens (including phenoxy) is 1. The van der Waals surface area contributed by atoms with Crippen LogP contribution in [0.2, 0.25) is 5.02 Å². The normalized spacial score (nSPS) is 16.6. The molecule has 2 rings (SSSR count). The summed E-state index contributed by atoms with van der Waals surface area (Å²) in [7, 11) is -3.67. The first kappa shape index (κ1) is 22.9. The van der Waals surface area contributed by atoms with Gasteiger partial charge in [-0.3, -0.25) is 14.0 Å². The SMILES string of the molecule is CCC(C(=O)NCCCN1CCOCC1)N(c1cc(Cl)ccc1C)S(C)(=O)=O. The number of hydrogen-bond acceptors (Lipinski definition) is 5. The number of sulfonamides is 1. The van der Waals surface area contributed by atoms with E-state index in [9.17, 15) is 13.2 Å². The maximum atomic E-state index is 12.8. The van der Waals surface area contributed by atoms with Gasteiger partial charge in [0.1, 0.15) is 6.04 Å². The molecule has 158 valence electrons. The highest BCUT2D eigenvalue weighted by Gasteiger charge is 2.32. The van der Waals surface area contributed by atoms with Gasteiger partial charge in [-0.2, -0.15) is 0 Å². The summed E-state index contributed by atoms with van der Waals surface area (Å²) in [6.45, 7) is 8.28. The molecule has 1 amide bonds. The lowest BCUT2D eigenvalue weighted by Crippen LogP contribution is -2.50. The average Bonchev–Trinajstić information content (AvgIpc) is 2.65. The van der Waals surface area contributed by atoms with Crippen LogP contribution >= 0.6 is 11.6 Å². The zero-order valence-electron chi connectivity index (χ0n) is 16.8. The fourth-order valence-electron chi connectivity index (χ4n) is 3.31. The molecule has 1 aromatic carbocycles. The summed E-state index contributed by atoms with van der Waals surface area (Å²) in [5.74, 6) is -0.297. The van der Waals surface area contributed by atoms with E-state index in [0.29, 0.717) is 23.7 Å². The monoisotopic (exact) mass is 431 g/mol. The van der Waals surface area contributed by atoms with Crippen LogP contribution in [0.3, 0.4) is 0 Å². The minimum Gasteiger partial charge on any atom is -0.379 e. The van der Waals surface area contributed by atoms with Crippen molar-refractivity contribution < 1.29 is 17.9 Å². The van der Waals surface area contributed by atoms with Crippen LogP contribution in [0.1, 0.15) is 25.3 Å². The molecule has 0 spiro atoms. The molecule has 1 aliphatic heterocycles. The molecule has 0 aliphatic carbocycles. The zero-order chi connectivity index (χ0) is 20.7. The fourth-order valence-corrected chi connectivity index (χ4v) is 4.74. The van der Waals surface area contributed by atoms with Gasteiger partial charge in [0.25, 0.3) is 0 Å². The number of hydrogen-bond donors (Lipinski definition) is 1. The maximum absolute atomic E-state index is 12.8. The van der Waals surface area contributed by atoms with Crippen LogP contribution in [-0.2, 0) is 19.6 Å². The van der Waals surface area contributed by atoms with E-state index in [4.69, 9.17) is 16.3 Å². The molecule has 1 aliphatic rings. The van der Waals surface area contributed by atoms with Crippen LogP contribution in [0.5, 0.6) is 0 Å². The van der Waals surface area contributed by atoms with E-state index in [1.54, 1.807) is 32.0 Å². The van der Waals surface area contributed by atoms with Gasteiger partial charge in [0, 0.05) is 24.7 Å². The fraction of sp³-hybridized carbons (Fsp3) is 0.632. The van der Waals surface area contributed by atoms with Crippen molar-refractivity contribution in [2.45, 2.75) is 32.7 Å². The van der Waals surface area contributed by atoms with Crippen LogP contribution in [0.15, 0.2) is 18.2 Å². The summed E-state index contributed by atoms with van der Waals surface area (Å²) in [4.78, 5) is 15.1. The summed E-state index contributed by atoms with van der Waals surface area (Å²) in [6, 6.07) is 4.22. The number of anilines is 1. The maximum Gasteiger partial charge on any atom is 0.243 e. The van der Waals surface area contributed by atoms with E-state index < -0.39 is 16.1 Å². The van der Waals surface area contributed by atoms with Gasteiger partial charge >= 0.3 is 0 Å². The number of benzene rings is 1. The minimum absolute atomic E-state index is 0.297. The second-order valence-corrected chi connectivity index (χ2v) is 9.31. The predicted octanol–water partition coefficient (Wildman–Crippen LogP) is 2.03. The predicted molar refractivity (Wildman–Crippen MR) is 112 cm³/mol. The van der Waals surface area contributed by atoms with Crippen molar-refractivity contribution in [1.29, 1.82) is 0 Å². The van der Waals surface area contributed by atoms with Crippen LogP contribution in [0.4, 0.5) is 5.69 Å². The lowest BCUT2D eigenvalue weighted by molar-refractivity contribution is -0.122. The van der Waals surface area contributed by atoms with E-state index in [-0.39, 0.29) is 5.91 Å². The molecular formula is C19H30ClN3O4S. The van der Waals surface area contributed by atoms with Crippen LogP contribution < -0.4 is 9.62 Å². The van der Waals surface area contributed by atoms with Gasteiger partial charge in [0.05, 0.1) is 25.2 Å². The molecule has 1 fully saturated rings. The van der Waals surface area contributed by atoms with Crippen LogP contribution in [0, 0.1) is 6.92 Å². The summed E-state index contributed by atoms with van der Waals surface area (Å²) < 4.78 is 31.6. The highest BCUT2D eigenvalue weighted by Crippen LogP contribution is 2.29. The Hall–Kier alpha value is -1.35. The number of halogens is 1. The Kier molecular flexibility index (Phi) is 8.55. The third-order valence-corrected chi connectivity index (χ3v) is 6.19. The van der Waals surface area contributed by atoms with Gasteiger partial charge in [-0.15, -0.1) is 0 Å². The number of nitrogens with one attached hydrogen (secondary N) is 1. The number of nitrogens with zero attached hydrogens (tertiary/aromatic N) is 2. The van der Waals surface area contributed by atoms with Gasteiger partial charge in [-0.1, -0.05) is 24.6 Å². The molecule has 0 bridgehead atoms. The smallest absolute Gasteiger partial charge is 0.243 e. The quantitative estimate of drug-likeness (QED) is 0.605. The number of carbonyl (C=O) groups is 1. The van der Waals surface area contributed by atoms with Crippen molar-refractivity contribution >= 4 is 33.2 Å². The van der Waals surface area contributed by atoms with E-state index in [0.717, 1.165) is 51.1 Å². The van der Waals surface area contributed by atoms with E-state index >= 15 is 0 Å². The van der Waals surface area contributed by atoms with Crippen molar-refractivity contribution in [1.82, 2.24) is 10.2 Å². The summed E-state index contributed by atoms with van der Waals surface area (Å²) in [5.41, 5.74) is 1.18. The molecule has 1 saturated heterocycles. The summed E-state index contributed by atoms with van der Waals surface area (Å²) in [6.07, 6.45) is 2.27. The number of aryl methyl sites for hydroxylation is 1. The zero-order valence-corrected chi connectivity index (χ0v) is 18.4. The highest BCUT2D eigenvalue weighted by molar-refractivity contribution is 7.92. The molecule has 0 saturated carbocycles. The van der Waals surface area contributed by atoms with Gasteiger partial charge in [-0.25, -0.2) is 8.42 Å².